The molecule has 0 bridgehead atoms. The maximum atomic E-state index is 12.2. The van der Waals surface area contributed by atoms with Crippen molar-refractivity contribution < 1.29 is 9.59 Å². The van der Waals surface area contributed by atoms with Gasteiger partial charge in [0.2, 0.25) is 11.8 Å². The van der Waals surface area contributed by atoms with Crippen LogP contribution in [0.25, 0.3) is 0 Å². The predicted octanol–water partition coefficient (Wildman–Crippen LogP) is 2.27. The average Bonchev–Trinajstić information content (AvgIpc) is 2.47. The van der Waals surface area contributed by atoms with Crippen molar-refractivity contribution in [1.82, 2.24) is 10.6 Å². The molecule has 0 aromatic heterocycles. The second-order valence-corrected chi connectivity index (χ2v) is 5.98. The fourth-order valence-electron chi connectivity index (χ4n) is 1.90. The molecular weight excluding hydrogens is 332 g/mol. The second-order valence-electron chi connectivity index (χ2n) is 5.42. The van der Waals surface area contributed by atoms with Crippen LogP contribution < -0.4 is 10.6 Å². The lowest BCUT2D eigenvalue weighted by Crippen LogP contribution is -2.48. The number of hydrogen-bond donors (Lipinski definition) is 2. The Bertz CT molecular complexity index is 449. The molecule has 0 unspecified atom stereocenters. The van der Waals surface area contributed by atoms with Crippen molar-refractivity contribution in [2.24, 2.45) is 5.92 Å². The Morgan fingerprint density at radius 2 is 1.86 bits per heavy atom. The van der Waals surface area contributed by atoms with E-state index in [9.17, 15) is 9.59 Å². The lowest BCUT2D eigenvalue weighted by atomic mass is 10.0. The number of hydrogen-bond acceptors (Lipinski definition) is 2. The summed E-state index contributed by atoms with van der Waals surface area (Å²) in [6.45, 7) is 4.85. The zero-order valence-corrected chi connectivity index (χ0v) is 14.2. The number of benzene rings is 1. The molecule has 0 heterocycles. The second kappa shape index (κ2) is 9.55. The van der Waals surface area contributed by atoms with E-state index in [1.54, 1.807) is 0 Å². The molecule has 0 radical (unpaired) electrons. The number of amides is 2. The first kappa shape index (κ1) is 17.7. The van der Waals surface area contributed by atoms with Gasteiger partial charge in [-0.1, -0.05) is 60.1 Å². The van der Waals surface area contributed by atoms with E-state index in [-0.39, 0.29) is 17.1 Å². The quantitative estimate of drug-likeness (QED) is 0.703. The summed E-state index contributed by atoms with van der Waals surface area (Å²) in [5, 5.41) is 5.84. The van der Waals surface area contributed by atoms with Gasteiger partial charge in [0.15, 0.2) is 0 Å². The Balaban J connectivity index is 2.63. The summed E-state index contributed by atoms with van der Waals surface area (Å²) in [5.41, 5.74) is 1.02. The zero-order valence-electron chi connectivity index (χ0n) is 12.6. The van der Waals surface area contributed by atoms with Gasteiger partial charge in [-0.25, -0.2) is 0 Å². The third kappa shape index (κ3) is 7.27. The van der Waals surface area contributed by atoms with E-state index in [1.807, 2.05) is 30.3 Å². The van der Waals surface area contributed by atoms with Crippen molar-refractivity contribution in [1.29, 1.82) is 0 Å². The summed E-state index contributed by atoms with van der Waals surface area (Å²) in [6, 6.07) is 9.15. The summed E-state index contributed by atoms with van der Waals surface area (Å²) in [6.07, 6.45) is 1.42. The highest BCUT2D eigenvalue weighted by Crippen LogP contribution is 2.04. The maximum Gasteiger partial charge on any atom is 0.242 e. The molecule has 2 N–H and O–H groups in total. The first-order valence-electron chi connectivity index (χ1n) is 7.20. The van der Waals surface area contributed by atoms with E-state index in [2.05, 4.69) is 40.4 Å². The van der Waals surface area contributed by atoms with Gasteiger partial charge in [0.05, 0.1) is 5.33 Å². The van der Waals surface area contributed by atoms with Gasteiger partial charge in [0, 0.05) is 13.0 Å². The zero-order chi connectivity index (χ0) is 15.7. The van der Waals surface area contributed by atoms with Gasteiger partial charge in [-0.05, 0) is 17.9 Å². The van der Waals surface area contributed by atoms with Crippen molar-refractivity contribution in [2.45, 2.75) is 32.7 Å². The number of carbonyl (C=O) groups is 2. The van der Waals surface area contributed by atoms with Crippen LogP contribution in [-0.2, 0) is 16.0 Å². The monoisotopic (exact) mass is 354 g/mol. The van der Waals surface area contributed by atoms with E-state index < -0.39 is 6.04 Å². The fraction of sp³-hybridized carbons (Fsp3) is 0.500. The number of nitrogens with one attached hydrogen (secondary N) is 2. The Kier molecular flexibility index (Phi) is 8.05. The predicted molar refractivity (Wildman–Crippen MR) is 88.3 cm³/mol. The first-order valence-corrected chi connectivity index (χ1v) is 8.32. The average molecular weight is 355 g/mol. The van der Waals surface area contributed by atoms with Crippen LogP contribution in [0.15, 0.2) is 30.3 Å². The van der Waals surface area contributed by atoms with Crippen LogP contribution in [0.4, 0.5) is 0 Å². The molecule has 116 valence electrons. The molecule has 5 heteroatoms. The topological polar surface area (TPSA) is 58.2 Å². The van der Waals surface area contributed by atoms with E-state index in [4.69, 9.17) is 0 Å². The molecule has 0 fully saturated rings. The summed E-state index contributed by atoms with van der Waals surface area (Å²) in [4.78, 5) is 23.8. The van der Waals surface area contributed by atoms with Gasteiger partial charge >= 0.3 is 0 Å². The Labute approximate surface area is 134 Å². The van der Waals surface area contributed by atoms with Crippen LogP contribution in [0.5, 0.6) is 0 Å². The highest BCUT2D eigenvalue weighted by molar-refractivity contribution is 9.09. The van der Waals surface area contributed by atoms with Crippen molar-refractivity contribution in [2.75, 3.05) is 11.9 Å². The molecule has 1 aromatic carbocycles. The molecule has 0 aliphatic carbocycles. The lowest BCUT2D eigenvalue weighted by molar-refractivity contribution is -0.127. The van der Waals surface area contributed by atoms with Crippen molar-refractivity contribution in [3.8, 4) is 0 Å². The molecule has 0 saturated heterocycles. The molecule has 4 nitrogen and oxygen atoms in total. The summed E-state index contributed by atoms with van der Waals surface area (Å²) < 4.78 is 0. The standard InChI is InChI=1S/C16H23BrN2O2/c1-12(2)8-9-18-16(21)14(19-15(20)11-17)10-13-6-4-3-5-7-13/h3-7,12,14H,8-11H2,1-2H3,(H,18,21)(H,19,20)/t14-/m1/s1. The third-order valence-electron chi connectivity index (χ3n) is 3.08. The third-order valence-corrected chi connectivity index (χ3v) is 3.59. The molecule has 0 aliphatic rings. The molecule has 0 saturated carbocycles. The molecular formula is C16H23BrN2O2. The summed E-state index contributed by atoms with van der Waals surface area (Å²) in [5.74, 6) is 0.221. The minimum Gasteiger partial charge on any atom is -0.354 e. The van der Waals surface area contributed by atoms with Gasteiger partial charge in [-0.3, -0.25) is 9.59 Å². The fourth-order valence-corrected chi connectivity index (χ4v) is 2.06. The normalized spacial score (nSPS) is 12.0. The summed E-state index contributed by atoms with van der Waals surface area (Å²) >= 11 is 3.11. The molecule has 0 aliphatic heterocycles. The van der Waals surface area contributed by atoms with Gasteiger partial charge in [0.25, 0.3) is 0 Å². The summed E-state index contributed by atoms with van der Waals surface area (Å²) in [7, 11) is 0. The number of alkyl halides is 1. The molecule has 21 heavy (non-hydrogen) atoms. The minimum atomic E-state index is -0.537. The molecule has 1 atom stereocenters. The molecule has 1 aromatic rings. The van der Waals surface area contributed by atoms with Gasteiger partial charge < -0.3 is 10.6 Å². The van der Waals surface area contributed by atoms with E-state index >= 15 is 0 Å². The van der Waals surface area contributed by atoms with E-state index in [1.165, 1.54) is 0 Å². The Morgan fingerprint density at radius 1 is 1.19 bits per heavy atom. The smallest absolute Gasteiger partial charge is 0.242 e. The van der Waals surface area contributed by atoms with Gasteiger partial charge in [0.1, 0.15) is 6.04 Å². The van der Waals surface area contributed by atoms with Crippen molar-refractivity contribution >= 4 is 27.7 Å². The Hall–Kier alpha value is -1.36. The number of carbonyl (C=O) groups excluding carboxylic acids is 2. The molecule has 1 rings (SSSR count). The maximum absolute atomic E-state index is 12.2. The first-order chi connectivity index (χ1) is 10.0. The largest absolute Gasteiger partial charge is 0.354 e. The Morgan fingerprint density at radius 3 is 2.43 bits per heavy atom. The van der Waals surface area contributed by atoms with Crippen LogP contribution in [0.3, 0.4) is 0 Å². The number of halogens is 1. The van der Waals surface area contributed by atoms with Crippen molar-refractivity contribution in [3.63, 3.8) is 0 Å². The number of rotatable bonds is 8. The van der Waals surface area contributed by atoms with Crippen LogP contribution in [-0.4, -0.2) is 29.7 Å². The van der Waals surface area contributed by atoms with Crippen LogP contribution in [0, 0.1) is 5.92 Å². The lowest BCUT2D eigenvalue weighted by Gasteiger charge is -2.18. The van der Waals surface area contributed by atoms with Crippen molar-refractivity contribution in [3.05, 3.63) is 35.9 Å². The highest BCUT2D eigenvalue weighted by atomic mass is 79.9. The van der Waals surface area contributed by atoms with Gasteiger partial charge in [-0.2, -0.15) is 0 Å². The molecule has 2 amide bonds. The van der Waals surface area contributed by atoms with Gasteiger partial charge in [-0.15, -0.1) is 0 Å². The van der Waals surface area contributed by atoms with E-state index in [0.29, 0.717) is 18.9 Å². The highest BCUT2D eigenvalue weighted by Gasteiger charge is 2.20. The van der Waals surface area contributed by atoms with Crippen LogP contribution >= 0.6 is 15.9 Å². The van der Waals surface area contributed by atoms with Crippen LogP contribution in [0.1, 0.15) is 25.8 Å². The van der Waals surface area contributed by atoms with Crippen LogP contribution in [0.2, 0.25) is 0 Å². The minimum absolute atomic E-state index is 0.131. The molecule has 0 spiro atoms. The SMILES string of the molecule is CC(C)CCNC(=O)[C@@H](Cc1ccccc1)NC(=O)CBr. The van der Waals surface area contributed by atoms with E-state index in [0.717, 1.165) is 12.0 Å².